The van der Waals surface area contributed by atoms with Crippen molar-refractivity contribution in [3.63, 3.8) is 0 Å². The fourth-order valence-corrected chi connectivity index (χ4v) is 9.39. The molecular formula is C71H124O6. The number of unbranched alkanes of at least 4 members (excludes halogenated alkanes) is 35. The van der Waals surface area contributed by atoms with Crippen molar-refractivity contribution in [3.8, 4) is 0 Å². The average molecular weight is 1070 g/mol. The van der Waals surface area contributed by atoms with Crippen LogP contribution in [0.5, 0.6) is 0 Å². The van der Waals surface area contributed by atoms with Gasteiger partial charge < -0.3 is 14.2 Å². The minimum Gasteiger partial charge on any atom is -0.462 e. The Morgan fingerprint density at radius 3 is 0.844 bits per heavy atom. The second-order valence-electron chi connectivity index (χ2n) is 22.0. The molecule has 444 valence electrons. The summed E-state index contributed by atoms with van der Waals surface area (Å²) in [6.07, 6.45) is 86.2. The van der Waals surface area contributed by atoms with Crippen molar-refractivity contribution < 1.29 is 28.6 Å². The van der Waals surface area contributed by atoms with Gasteiger partial charge in [0.2, 0.25) is 0 Å². The lowest BCUT2D eigenvalue weighted by Gasteiger charge is -2.18. The maximum absolute atomic E-state index is 12.9. The molecule has 0 aromatic carbocycles. The highest BCUT2D eigenvalue weighted by molar-refractivity contribution is 5.71. The Labute approximate surface area is 477 Å². The standard InChI is InChI=1S/C71H124O6/c1-4-7-10-13-16-19-22-24-26-28-29-30-31-32-33-34-35-36-37-38-39-40-41-43-44-46-49-52-55-58-61-64-70(73)76-67-68(66-75-69(72)63-60-57-54-51-48-21-18-15-12-9-6-3)77-71(74)65-62-59-56-53-50-47-45-42-27-25-23-20-17-14-11-8-5-2/h8,11,15,17-18,20,22,24-25,27-29,45,47,68H,4-7,9-10,12-14,16,19,21,23,26,30-44,46,48-67H2,1-3H3/b11-8-,18-15-,20-17-,24-22-,27-25-,29-28-,47-45-. The molecule has 6 heteroatoms. The molecule has 0 N–H and O–H groups in total. The number of carbonyl (C=O) groups excluding carboxylic acids is 3. The minimum atomic E-state index is -0.792. The molecule has 0 radical (unpaired) electrons. The molecule has 0 amide bonds. The van der Waals surface area contributed by atoms with Gasteiger partial charge in [-0.3, -0.25) is 14.4 Å². The molecule has 0 spiro atoms. The zero-order valence-electron chi connectivity index (χ0n) is 51.0. The molecule has 0 aliphatic rings. The SMILES string of the molecule is CC/C=C\C/C=C\C/C=C\C/C=C\CCCCCCC(=O)OC(COC(=O)CCCCCCC/C=C\CCCC)COC(=O)CCCCCCCCCCCCCCCCCCCCC/C=C\C/C=C\CCCCCCC. The van der Waals surface area contributed by atoms with Crippen LogP contribution < -0.4 is 0 Å². The smallest absolute Gasteiger partial charge is 0.306 e. The topological polar surface area (TPSA) is 78.9 Å². The second-order valence-corrected chi connectivity index (χ2v) is 22.0. The fourth-order valence-electron chi connectivity index (χ4n) is 9.39. The second kappa shape index (κ2) is 65.1. The molecule has 0 aromatic heterocycles. The number of ether oxygens (including phenoxy) is 3. The van der Waals surface area contributed by atoms with Crippen molar-refractivity contribution in [1.29, 1.82) is 0 Å². The number of rotatable bonds is 60. The van der Waals surface area contributed by atoms with Crippen LogP contribution in [0.25, 0.3) is 0 Å². The van der Waals surface area contributed by atoms with Crippen molar-refractivity contribution in [1.82, 2.24) is 0 Å². The first-order valence-corrected chi connectivity index (χ1v) is 33.1. The Bertz CT molecular complexity index is 1470. The lowest BCUT2D eigenvalue weighted by molar-refractivity contribution is -0.167. The minimum absolute atomic E-state index is 0.0869. The number of hydrogen-bond acceptors (Lipinski definition) is 6. The fraction of sp³-hybridized carbons (Fsp3) is 0.761. The van der Waals surface area contributed by atoms with Gasteiger partial charge in [0.15, 0.2) is 6.10 Å². The van der Waals surface area contributed by atoms with Gasteiger partial charge in [-0.2, -0.15) is 0 Å². The molecule has 1 atom stereocenters. The van der Waals surface area contributed by atoms with Gasteiger partial charge in [-0.05, 0) is 109 Å². The quantitative estimate of drug-likeness (QED) is 0.0261. The summed E-state index contributed by atoms with van der Waals surface area (Å²) in [6, 6.07) is 0. The molecule has 0 saturated heterocycles. The molecule has 1 unspecified atom stereocenters. The first-order chi connectivity index (χ1) is 38.0. The normalized spacial score (nSPS) is 12.6. The van der Waals surface area contributed by atoms with E-state index in [1.807, 2.05) is 0 Å². The van der Waals surface area contributed by atoms with E-state index in [4.69, 9.17) is 14.2 Å². The Kier molecular flexibility index (Phi) is 62.2. The number of esters is 3. The van der Waals surface area contributed by atoms with Crippen LogP contribution in [0, 0.1) is 0 Å². The van der Waals surface area contributed by atoms with Gasteiger partial charge in [-0.1, -0.05) is 286 Å². The van der Waals surface area contributed by atoms with Crippen LogP contribution in [0.3, 0.4) is 0 Å². The van der Waals surface area contributed by atoms with E-state index in [-0.39, 0.29) is 31.1 Å². The summed E-state index contributed by atoms with van der Waals surface area (Å²) in [4.78, 5) is 38.2. The third-order valence-corrected chi connectivity index (χ3v) is 14.4. The van der Waals surface area contributed by atoms with Gasteiger partial charge in [0.25, 0.3) is 0 Å². The highest BCUT2D eigenvalue weighted by Crippen LogP contribution is 2.17. The highest BCUT2D eigenvalue weighted by atomic mass is 16.6. The lowest BCUT2D eigenvalue weighted by Crippen LogP contribution is -2.30. The van der Waals surface area contributed by atoms with E-state index in [1.165, 1.54) is 180 Å². The van der Waals surface area contributed by atoms with Crippen LogP contribution in [-0.4, -0.2) is 37.2 Å². The first kappa shape index (κ1) is 73.6. The predicted molar refractivity (Wildman–Crippen MR) is 334 cm³/mol. The Morgan fingerprint density at radius 2 is 0.519 bits per heavy atom. The van der Waals surface area contributed by atoms with Gasteiger partial charge in [0.1, 0.15) is 13.2 Å². The maximum atomic E-state index is 12.9. The van der Waals surface area contributed by atoms with Crippen molar-refractivity contribution >= 4 is 17.9 Å². The van der Waals surface area contributed by atoms with Gasteiger partial charge in [-0.15, -0.1) is 0 Å². The van der Waals surface area contributed by atoms with Crippen LogP contribution >= 0.6 is 0 Å². The molecule has 0 saturated carbocycles. The van der Waals surface area contributed by atoms with E-state index in [0.717, 1.165) is 109 Å². The summed E-state index contributed by atoms with van der Waals surface area (Å²) in [7, 11) is 0. The molecule has 0 rings (SSSR count). The van der Waals surface area contributed by atoms with Crippen LogP contribution in [0.2, 0.25) is 0 Å². The largest absolute Gasteiger partial charge is 0.462 e. The van der Waals surface area contributed by atoms with Crippen LogP contribution in [0.15, 0.2) is 85.1 Å². The Hall–Kier alpha value is -3.41. The monoisotopic (exact) mass is 1070 g/mol. The van der Waals surface area contributed by atoms with E-state index < -0.39 is 6.10 Å². The summed E-state index contributed by atoms with van der Waals surface area (Å²) in [5, 5.41) is 0. The zero-order chi connectivity index (χ0) is 55.7. The van der Waals surface area contributed by atoms with Crippen LogP contribution in [-0.2, 0) is 28.6 Å². The predicted octanol–water partition coefficient (Wildman–Crippen LogP) is 22.7. The summed E-state index contributed by atoms with van der Waals surface area (Å²) in [6.45, 7) is 6.48. The third kappa shape index (κ3) is 63.3. The van der Waals surface area contributed by atoms with E-state index >= 15 is 0 Å². The molecular weight excluding hydrogens is 949 g/mol. The molecule has 0 aliphatic carbocycles. The summed E-state index contributed by atoms with van der Waals surface area (Å²) in [5.41, 5.74) is 0. The van der Waals surface area contributed by atoms with E-state index in [9.17, 15) is 14.4 Å². The van der Waals surface area contributed by atoms with Gasteiger partial charge >= 0.3 is 17.9 Å². The average Bonchev–Trinajstić information content (AvgIpc) is 3.43. The molecule has 0 aromatic rings. The third-order valence-electron chi connectivity index (χ3n) is 14.4. The van der Waals surface area contributed by atoms with Crippen LogP contribution in [0.1, 0.15) is 329 Å². The maximum Gasteiger partial charge on any atom is 0.306 e. The number of allylic oxidation sites excluding steroid dienone is 14. The van der Waals surface area contributed by atoms with Gasteiger partial charge in [-0.25, -0.2) is 0 Å². The van der Waals surface area contributed by atoms with Crippen molar-refractivity contribution in [2.24, 2.45) is 0 Å². The highest BCUT2D eigenvalue weighted by Gasteiger charge is 2.19. The number of hydrogen-bond donors (Lipinski definition) is 0. The Balaban J connectivity index is 4.16. The van der Waals surface area contributed by atoms with E-state index in [2.05, 4.69) is 106 Å². The van der Waals surface area contributed by atoms with Crippen molar-refractivity contribution in [3.05, 3.63) is 85.1 Å². The van der Waals surface area contributed by atoms with Gasteiger partial charge in [0.05, 0.1) is 0 Å². The summed E-state index contributed by atoms with van der Waals surface area (Å²) < 4.78 is 16.9. The van der Waals surface area contributed by atoms with Crippen molar-refractivity contribution in [2.75, 3.05) is 13.2 Å². The molecule has 6 nitrogen and oxygen atoms in total. The number of carbonyl (C=O) groups is 3. The summed E-state index contributed by atoms with van der Waals surface area (Å²) >= 11 is 0. The first-order valence-electron chi connectivity index (χ1n) is 33.1. The Morgan fingerprint density at radius 1 is 0.273 bits per heavy atom. The van der Waals surface area contributed by atoms with E-state index in [1.54, 1.807) is 0 Å². The molecule has 0 fully saturated rings. The van der Waals surface area contributed by atoms with Crippen LogP contribution in [0.4, 0.5) is 0 Å². The lowest BCUT2D eigenvalue weighted by atomic mass is 10.0. The molecule has 0 heterocycles. The van der Waals surface area contributed by atoms with Gasteiger partial charge in [0, 0.05) is 19.3 Å². The summed E-state index contributed by atoms with van der Waals surface area (Å²) in [5.74, 6) is -0.910. The molecule has 0 aliphatic heterocycles. The van der Waals surface area contributed by atoms with Crippen molar-refractivity contribution in [2.45, 2.75) is 335 Å². The van der Waals surface area contributed by atoms with E-state index in [0.29, 0.717) is 19.3 Å². The molecule has 0 bridgehead atoms. The zero-order valence-corrected chi connectivity index (χ0v) is 51.0. The molecule has 77 heavy (non-hydrogen) atoms.